The first-order valence-electron chi connectivity index (χ1n) is 7.38. The molecule has 3 nitrogen and oxygen atoms in total. The van der Waals surface area contributed by atoms with Gasteiger partial charge in [0.05, 0.1) is 6.04 Å². The highest BCUT2D eigenvalue weighted by Crippen LogP contribution is 2.35. The highest BCUT2D eigenvalue weighted by molar-refractivity contribution is 7.10. The van der Waals surface area contributed by atoms with Crippen LogP contribution in [0, 0.1) is 5.92 Å². The van der Waals surface area contributed by atoms with Gasteiger partial charge < -0.3 is 10.2 Å². The third-order valence-corrected chi connectivity index (χ3v) is 5.35. The van der Waals surface area contributed by atoms with Gasteiger partial charge in [0.1, 0.15) is 0 Å². The summed E-state index contributed by atoms with van der Waals surface area (Å²) < 4.78 is 0. The molecular formula is C15H22N2OS. The number of carbonyl (C=O) groups is 1. The molecule has 19 heavy (non-hydrogen) atoms. The van der Waals surface area contributed by atoms with Crippen molar-refractivity contribution in [2.75, 3.05) is 19.6 Å². The van der Waals surface area contributed by atoms with Crippen LogP contribution < -0.4 is 5.32 Å². The summed E-state index contributed by atoms with van der Waals surface area (Å²) in [6, 6.07) is 4.61. The summed E-state index contributed by atoms with van der Waals surface area (Å²) in [5, 5.41) is 5.49. The second-order valence-corrected chi connectivity index (χ2v) is 6.64. The van der Waals surface area contributed by atoms with Crippen molar-refractivity contribution >= 4 is 17.2 Å². The standard InChI is InChI=1S/C15H22N2OS/c18-15(6-5-12-7-8-16-11-12)17-9-1-3-13(17)14-4-2-10-19-14/h2,4,10,12-13,16H,1,3,5-9,11H2. The second kappa shape index (κ2) is 6.06. The van der Waals surface area contributed by atoms with Gasteiger partial charge >= 0.3 is 0 Å². The van der Waals surface area contributed by atoms with Gasteiger partial charge in [-0.3, -0.25) is 4.79 Å². The van der Waals surface area contributed by atoms with Crippen LogP contribution in [0.5, 0.6) is 0 Å². The largest absolute Gasteiger partial charge is 0.335 e. The molecule has 0 spiro atoms. The highest BCUT2D eigenvalue weighted by Gasteiger charge is 2.30. The second-order valence-electron chi connectivity index (χ2n) is 5.66. The van der Waals surface area contributed by atoms with Crippen molar-refractivity contribution in [3.63, 3.8) is 0 Å². The molecule has 0 saturated carbocycles. The molecule has 1 amide bonds. The lowest BCUT2D eigenvalue weighted by atomic mass is 10.0. The monoisotopic (exact) mass is 278 g/mol. The average Bonchev–Trinajstić information content (AvgIpc) is 3.14. The van der Waals surface area contributed by atoms with E-state index in [0.717, 1.165) is 45.3 Å². The maximum Gasteiger partial charge on any atom is 0.223 e. The molecule has 2 aliphatic rings. The molecule has 3 heterocycles. The van der Waals surface area contributed by atoms with Crippen molar-refractivity contribution in [2.45, 2.75) is 38.1 Å². The smallest absolute Gasteiger partial charge is 0.223 e. The maximum absolute atomic E-state index is 12.4. The minimum absolute atomic E-state index is 0.356. The van der Waals surface area contributed by atoms with Gasteiger partial charge in [0.15, 0.2) is 0 Å². The Morgan fingerprint density at radius 2 is 2.42 bits per heavy atom. The van der Waals surface area contributed by atoms with Gasteiger partial charge in [0.2, 0.25) is 5.91 Å². The quantitative estimate of drug-likeness (QED) is 0.918. The van der Waals surface area contributed by atoms with Gasteiger partial charge in [-0.2, -0.15) is 0 Å². The number of carbonyl (C=O) groups excluding carboxylic acids is 1. The van der Waals surface area contributed by atoms with Gasteiger partial charge in [-0.05, 0) is 56.1 Å². The summed E-state index contributed by atoms with van der Waals surface area (Å²) in [5.41, 5.74) is 0. The molecular weight excluding hydrogens is 256 g/mol. The van der Waals surface area contributed by atoms with Crippen molar-refractivity contribution in [3.05, 3.63) is 22.4 Å². The van der Waals surface area contributed by atoms with E-state index >= 15 is 0 Å². The molecule has 1 aromatic rings. The molecule has 2 fully saturated rings. The predicted molar refractivity (Wildman–Crippen MR) is 78.2 cm³/mol. The maximum atomic E-state index is 12.4. The first kappa shape index (κ1) is 13.1. The Bertz CT molecular complexity index is 412. The number of nitrogens with zero attached hydrogens (tertiary/aromatic N) is 1. The van der Waals surface area contributed by atoms with E-state index in [-0.39, 0.29) is 0 Å². The van der Waals surface area contributed by atoms with Gasteiger partial charge in [0, 0.05) is 17.8 Å². The molecule has 0 aliphatic carbocycles. The summed E-state index contributed by atoms with van der Waals surface area (Å²) in [6.07, 6.45) is 5.31. The Morgan fingerprint density at radius 3 is 3.16 bits per heavy atom. The summed E-state index contributed by atoms with van der Waals surface area (Å²) in [6.45, 7) is 3.17. The molecule has 2 aliphatic heterocycles. The van der Waals surface area contributed by atoms with E-state index in [1.165, 1.54) is 11.3 Å². The lowest BCUT2D eigenvalue weighted by Crippen LogP contribution is -2.30. The Kier molecular flexibility index (Phi) is 4.18. The summed E-state index contributed by atoms with van der Waals surface area (Å²) in [5.74, 6) is 1.08. The molecule has 2 unspecified atom stereocenters. The Morgan fingerprint density at radius 1 is 1.47 bits per heavy atom. The number of nitrogens with one attached hydrogen (secondary N) is 1. The van der Waals surface area contributed by atoms with E-state index in [9.17, 15) is 4.79 Å². The van der Waals surface area contributed by atoms with Crippen LogP contribution in [0.15, 0.2) is 17.5 Å². The molecule has 0 radical (unpaired) electrons. The van der Waals surface area contributed by atoms with E-state index in [0.29, 0.717) is 17.9 Å². The fourth-order valence-corrected chi connectivity index (χ4v) is 4.15. The zero-order valence-corrected chi connectivity index (χ0v) is 12.1. The van der Waals surface area contributed by atoms with Crippen LogP contribution in [0.4, 0.5) is 0 Å². The molecule has 0 aromatic carbocycles. The van der Waals surface area contributed by atoms with Crippen LogP contribution in [0.3, 0.4) is 0 Å². The number of amides is 1. The van der Waals surface area contributed by atoms with Crippen LogP contribution in [-0.4, -0.2) is 30.4 Å². The molecule has 2 saturated heterocycles. The van der Waals surface area contributed by atoms with Crippen molar-refractivity contribution in [2.24, 2.45) is 5.92 Å². The van der Waals surface area contributed by atoms with Crippen LogP contribution in [0.25, 0.3) is 0 Å². The van der Waals surface area contributed by atoms with Crippen molar-refractivity contribution in [3.8, 4) is 0 Å². The molecule has 1 aromatic heterocycles. The minimum Gasteiger partial charge on any atom is -0.335 e. The number of thiophene rings is 1. The van der Waals surface area contributed by atoms with E-state index in [4.69, 9.17) is 0 Å². The fourth-order valence-electron chi connectivity index (χ4n) is 3.27. The topological polar surface area (TPSA) is 32.3 Å². The highest BCUT2D eigenvalue weighted by atomic mass is 32.1. The van der Waals surface area contributed by atoms with Gasteiger partial charge in [-0.25, -0.2) is 0 Å². The normalized spacial score (nSPS) is 27.1. The number of rotatable bonds is 4. The van der Waals surface area contributed by atoms with Crippen molar-refractivity contribution in [1.29, 1.82) is 0 Å². The molecule has 4 heteroatoms. The minimum atomic E-state index is 0.356. The van der Waals surface area contributed by atoms with Gasteiger partial charge in [0.25, 0.3) is 0 Å². The average molecular weight is 278 g/mol. The first-order chi connectivity index (χ1) is 9.34. The van der Waals surface area contributed by atoms with Crippen LogP contribution in [-0.2, 0) is 4.79 Å². The zero-order valence-electron chi connectivity index (χ0n) is 11.3. The number of hydrogen-bond acceptors (Lipinski definition) is 3. The van der Waals surface area contributed by atoms with E-state index < -0.39 is 0 Å². The summed E-state index contributed by atoms with van der Waals surface area (Å²) in [7, 11) is 0. The van der Waals surface area contributed by atoms with Crippen molar-refractivity contribution < 1.29 is 4.79 Å². The number of likely N-dealkylation sites (tertiary alicyclic amines) is 1. The van der Waals surface area contributed by atoms with E-state index in [2.05, 4.69) is 27.7 Å². The first-order valence-corrected chi connectivity index (χ1v) is 8.26. The molecule has 1 N–H and O–H groups in total. The summed E-state index contributed by atoms with van der Waals surface area (Å²) in [4.78, 5) is 15.9. The number of hydrogen-bond donors (Lipinski definition) is 1. The SMILES string of the molecule is O=C(CCC1CCNC1)N1CCCC1c1cccs1. The molecule has 2 atom stereocenters. The Labute approximate surface area is 119 Å². The predicted octanol–water partition coefficient (Wildman–Crippen LogP) is 2.80. The van der Waals surface area contributed by atoms with Crippen molar-refractivity contribution in [1.82, 2.24) is 10.2 Å². The lowest BCUT2D eigenvalue weighted by Gasteiger charge is -2.24. The Hall–Kier alpha value is -0.870. The zero-order chi connectivity index (χ0) is 13.1. The third-order valence-electron chi connectivity index (χ3n) is 4.37. The fraction of sp³-hybridized carbons (Fsp3) is 0.667. The Balaban J connectivity index is 1.56. The molecule has 3 rings (SSSR count). The van der Waals surface area contributed by atoms with Crippen LogP contribution in [0.1, 0.15) is 43.0 Å². The van der Waals surface area contributed by atoms with E-state index in [1.807, 2.05) is 0 Å². The van der Waals surface area contributed by atoms with Crippen LogP contribution >= 0.6 is 11.3 Å². The summed E-state index contributed by atoms with van der Waals surface area (Å²) >= 11 is 1.78. The molecule has 104 valence electrons. The van der Waals surface area contributed by atoms with Gasteiger partial charge in [-0.15, -0.1) is 11.3 Å². The van der Waals surface area contributed by atoms with E-state index in [1.54, 1.807) is 11.3 Å². The van der Waals surface area contributed by atoms with Gasteiger partial charge in [-0.1, -0.05) is 6.07 Å². The lowest BCUT2D eigenvalue weighted by molar-refractivity contribution is -0.132. The third kappa shape index (κ3) is 3.00. The van der Waals surface area contributed by atoms with Crippen LogP contribution in [0.2, 0.25) is 0 Å². The molecule has 0 bridgehead atoms.